The van der Waals surface area contributed by atoms with Gasteiger partial charge in [0.1, 0.15) is 12.1 Å². The largest absolute Gasteiger partial charge is 0.467 e. The summed E-state index contributed by atoms with van der Waals surface area (Å²) in [6.45, 7) is 9.33. The molecule has 0 saturated carbocycles. The number of rotatable bonds is 25. The van der Waals surface area contributed by atoms with Gasteiger partial charge in [-0.05, 0) is 43.1 Å². The van der Waals surface area contributed by atoms with E-state index in [0.717, 1.165) is 10.5 Å². The van der Waals surface area contributed by atoms with Gasteiger partial charge in [0.15, 0.2) is 0 Å². The first-order valence-corrected chi connectivity index (χ1v) is 23.7. The fraction of sp³-hybridized carbons (Fsp3) is 0.673. The fourth-order valence-electron chi connectivity index (χ4n) is 9.50. The van der Waals surface area contributed by atoms with Gasteiger partial charge in [0.25, 0.3) is 17.7 Å². The minimum absolute atomic E-state index is 0.0325. The third-order valence-electron chi connectivity index (χ3n) is 13.7. The van der Waals surface area contributed by atoms with Crippen LogP contribution in [0, 0.1) is 17.8 Å². The minimum atomic E-state index is -2.42. The van der Waals surface area contributed by atoms with Crippen molar-refractivity contribution in [2.24, 2.45) is 17.8 Å². The van der Waals surface area contributed by atoms with Crippen LogP contribution in [0.5, 0.6) is 0 Å². The zero-order chi connectivity index (χ0) is 49.6. The Morgan fingerprint density at radius 2 is 1.57 bits per heavy atom. The lowest BCUT2D eigenvalue weighted by atomic mass is 9.89. The molecule has 3 aliphatic rings. The summed E-state index contributed by atoms with van der Waals surface area (Å²) >= 11 is 0. The predicted molar refractivity (Wildman–Crippen MR) is 246 cm³/mol. The number of unbranched alkanes of at least 4 members (excludes halogenated alkanes) is 2. The monoisotopic (exact) mass is 941 g/mol. The molecule has 3 aliphatic heterocycles. The van der Waals surface area contributed by atoms with Gasteiger partial charge in [0.05, 0.1) is 50.3 Å². The molecule has 3 heterocycles. The lowest BCUT2D eigenvalue weighted by Crippen LogP contribution is -2.60. The van der Waals surface area contributed by atoms with Crippen molar-refractivity contribution in [2.75, 3.05) is 54.6 Å². The molecule has 372 valence electrons. The Hall–Kier alpha value is -5.23. The molecule has 67 heavy (non-hydrogen) atoms. The number of imide groups is 1. The molecule has 1 aromatic rings. The average molecular weight is 941 g/mol. The quantitative estimate of drug-likeness (QED) is 0.0828. The van der Waals surface area contributed by atoms with Crippen molar-refractivity contribution in [1.29, 1.82) is 0 Å². The first kappa shape index (κ1) is 54.4. The molecule has 7 unspecified atom stereocenters. The molecule has 1 aromatic carbocycles. The van der Waals surface area contributed by atoms with Gasteiger partial charge in [-0.25, -0.2) is 9.18 Å². The zero-order valence-corrected chi connectivity index (χ0v) is 40.8. The summed E-state index contributed by atoms with van der Waals surface area (Å²) < 4.78 is 33.3. The Morgan fingerprint density at radius 3 is 2.16 bits per heavy atom. The topological polar surface area (TPSA) is 201 Å². The Labute approximate surface area is 394 Å². The fourth-order valence-corrected chi connectivity index (χ4v) is 9.50. The molecular weight excluding hydrogens is 868 g/mol. The number of hydrogen-bond acceptors (Lipinski definition) is 11. The number of nitrogens with one attached hydrogen (secondary N) is 2. The smallest absolute Gasteiger partial charge is 0.328 e. The molecule has 0 radical (unpaired) electrons. The van der Waals surface area contributed by atoms with Crippen LogP contribution in [0.2, 0.25) is 0 Å². The number of esters is 1. The van der Waals surface area contributed by atoms with Crippen LogP contribution in [-0.4, -0.2) is 164 Å². The summed E-state index contributed by atoms with van der Waals surface area (Å²) in [5.74, 6) is -5.17. The van der Waals surface area contributed by atoms with Gasteiger partial charge in [-0.15, -0.1) is 0 Å². The Kier molecular flexibility index (Phi) is 20.5. The molecule has 4 rings (SSSR count). The summed E-state index contributed by atoms with van der Waals surface area (Å²) in [6.07, 6.45) is 4.35. The predicted octanol–water partition coefficient (Wildman–Crippen LogP) is 3.37. The summed E-state index contributed by atoms with van der Waals surface area (Å²) in [4.78, 5) is 111. The van der Waals surface area contributed by atoms with Crippen molar-refractivity contribution < 1.29 is 57.0 Å². The van der Waals surface area contributed by atoms with Crippen molar-refractivity contribution in [2.45, 2.75) is 141 Å². The molecule has 2 saturated heterocycles. The maximum atomic E-state index is 16.4. The summed E-state index contributed by atoms with van der Waals surface area (Å²) in [5, 5.41) is 5.50. The van der Waals surface area contributed by atoms with Crippen LogP contribution in [0.3, 0.4) is 0 Å². The maximum Gasteiger partial charge on any atom is 0.328 e. The van der Waals surface area contributed by atoms with Crippen molar-refractivity contribution >= 4 is 47.3 Å². The van der Waals surface area contributed by atoms with Crippen LogP contribution in [0.1, 0.15) is 98.0 Å². The van der Waals surface area contributed by atoms with E-state index in [1.165, 1.54) is 43.3 Å². The van der Waals surface area contributed by atoms with E-state index in [2.05, 4.69) is 10.6 Å². The molecule has 0 aliphatic carbocycles. The van der Waals surface area contributed by atoms with Gasteiger partial charge in [-0.2, -0.15) is 0 Å². The number of alkyl halides is 1. The van der Waals surface area contributed by atoms with Crippen LogP contribution in [-0.2, 0) is 59.0 Å². The van der Waals surface area contributed by atoms with Crippen molar-refractivity contribution in [3.63, 3.8) is 0 Å². The highest BCUT2D eigenvalue weighted by Gasteiger charge is 2.49. The van der Waals surface area contributed by atoms with E-state index in [-0.39, 0.29) is 68.3 Å². The van der Waals surface area contributed by atoms with Crippen LogP contribution in [0.25, 0.3) is 0 Å². The first-order valence-electron chi connectivity index (χ1n) is 23.7. The molecule has 0 spiro atoms. The van der Waals surface area contributed by atoms with E-state index in [1.807, 2.05) is 44.2 Å². The van der Waals surface area contributed by atoms with Crippen molar-refractivity contribution in [3.8, 4) is 0 Å². The third-order valence-corrected chi connectivity index (χ3v) is 13.7. The van der Waals surface area contributed by atoms with E-state index in [0.29, 0.717) is 45.1 Å². The van der Waals surface area contributed by atoms with E-state index in [1.54, 1.807) is 32.7 Å². The highest BCUT2D eigenvalue weighted by Crippen LogP contribution is 2.31. The number of nitrogens with zero attached hydrogens (tertiary/aromatic N) is 4. The summed E-state index contributed by atoms with van der Waals surface area (Å²) in [7, 11) is 5.82. The SMILES string of the molecule is CCC(C)C(C(CC(=O)N1CCC[C@H]1C(OC)C(C)C(=O)NC(Cc1ccccc1)C(=O)OC)OC)N(C)C(=O)C(NC(=O)[C@]1(F)CCN(C(=O)CCCCCN2C(=O)C=CC2=O)C1)C(C)C. The Balaban J connectivity index is 1.38. The second-order valence-electron chi connectivity index (χ2n) is 18.6. The molecular formula is C49H73FN6O11. The number of carbonyl (C=O) groups is 8. The van der Waals surface area contributed by atoms with Crippen molar-refractivity contribution in [3.05, 3.63) is 48.0 Å². The standard InChI is InChI=1S/C49H73FN6O11/c1-10-32(4)43(37(65-7)29-41(60)55-26-17-20-36(55)44(66-8)33(5)45(61)51-35(47(63)67-9)28-34-18-13-11-14-19-34)53(6)46(62)42(31(2)3)52-48(64)49(50)24-27-54(30-49)38(57)21-15-12-16-25-56-39(58)22-23-40(56)59/h11,13-14,18-19,22-23,31-33,35-37,42-44H,10,12,15-17,20-21,24-30H2,1-9H3,(H,51,61)(H,52,64)/t32?,33?,35?,36-,37?,42?,43?,44?,49-/m0/s1. The number of methoxy groups -OCH3 is 3. The van der Waals surface area contributed by atoms with E-state index in [9.17, 15) is 38.4 Å². The second-order valence-corrected chi connectivity index (χ2v) is 18.6. The number of carbonyl (C=O) groups excluding carboxylic acids is 8. The van der Waals surface area contributed by atoms with Gasteiger partial charge in [-0.3, -0.25) is 38.5 Å². The summed E-state index contributed by atoms with van der Waals surface area (Å²) in [5.41, 5.74) is -1.58. The molecule has 0 bridgehead atoms. The van der Waals surface area contributed by atoms with E-state index >= 15 is 4.39 Å². The van der Waals surface area contributed by atoms with E-state index < -0.39 is 84.1 Å². The number of benzene rings is 1. The average Bonchev–Trinajstić information content (AvgIpc) is 4.06. The van der Waals surface area contributed by atoms with Crippen LogP contribution in [0.15, 0.2) is 42.5 Å². The number of amides is 7. The number of likely N-dealkylation sites (N-methyl/N-ethyl adjacent to an activating group) is 1. The van der Waals surface area contributed by atoms with Gasteiger partial charge in [-0.1, -0.05) is 77.8 Å². The Bertz CT molecular complexity index is 1920. The van der Waals surface area contributed by atoms with Crippen LogP contribution >= 0.6 is 0 Å². The number of ether oxygens (including phenoxy) is 3. The zero-order valence-electron chi connectivity index (χ0n) is 40.8. The molecule has 2 N–H and O–H groups in total. The Morgan fingerprint density at radius 1 is 0.896 bits per heavy atom. The normalized spacial score (nSPS) is 21.4. The van der Waals surface area contributed by atoms with Crippen molar-refractivity contribution in [1.82, 2.24) is 30.2 Å². The van der Waals surface area contributed by atoms with E-state index in [4.69, 9.17) is 14.2 Å². The molecule has 18 heteroatoms. The third kappa shape index (κ3) is 13.9. The molecule has 17 nitrogen and oxygen atoms in total. The maximum absolute atomic E-state index is 16.4. The van der Waals surface area contributed by atoms with Gasteiger partial charge in [0.2, 0.25) is 29.3 Å². The lowest BCUT2D eigenvalue weighted by molar-refractivity contribution is -0.149. The number of hydrogen-bond donors (Lipinski definition) is 2. The van der Waals surface area contributed by atoms with Crippen LogP contribution in [0.4, 0.5) is 4.39 Å². The van der Waals surface area contributed by atoms with Gasteiger partial charge in [0, 0.05) is 72.3 Å². The lowest BCUT2D eigenvalue weighted by Gasteiger charge is -2.41. The van der Waals surface area contributed by atoms with Gasteiger partial charge >= 0.3 is 5.97 Å². The number of halogens is 1. The van der Waals surface area contributed by atoms with Gasteiger partial charge < -0.3 is 39.5 Å². The molecule has 0 aromatic heterocycles. The second kappa shape index (κ2) is 25.2. The first-order chi connectivity index (χ1) is 31.8. The highest BCUT2D eigenvalue weighted by molar-refractivity contribution is 6.12. The molecule has 9 atom stereocenters. The minimum Gasteiger partial charge on any atom is -0.467 e. The molecule has 7 amide bonds. The summed E-state index contributed by atoms with van der Waals surface area (Å²) in [6, 6.07) is 6.08. The number of likely N-dealkylation sites (tertiary alicyclic amines) is 2. The van der Waals surface area contributed by atoms with Crippen LogP contribution < -0.4 is 10.6 Å². The highest BCUT2D eigenvalue weighted by atomic mass is 19.1. The molecule has 2 fully saturated rings.